The molecule has 1 N–H and O–H groups in total. The third-order valence-corrected chi connectivity index (χ3v) is 7.66. The van der Waals surface area contributed by atoms with Crippen LogP contribution in [-0.2, 0) is 23.9 Å². The van der Waals surface area contributed by atoms with E-state index >= 15 is 0 Å². The number of ether oxygens (including phenoxy) is 3. The van der Waals surface area contributed by atoms with Gasteiger partial charge in [-0.2, -0.15) is 0 Å². The Morgan fingerprint density at radius 2 is 1.70 bits per heavy atom. The number of fused-ring (bicyclic) bond motifs is 1. The summed E-state index contributed by atoms with van der Waals surface area (Å²) in [5.74, 6) is -1.35. The lowest BCUT2D eigenvalue weighted by Gasteiger charge is -2.34. The van der Waals surface area contributed by atoms with Gasteiger partial charge < -0.3 is 34.2 Å². The Labute approximate surface area is 256 Å². The van der Waals surface area contributed by atoms with E-state index in [2.05, 4.69) is 10.3 Å². The van der Waals surface area contributed by atoms with Crippen LogP contribution < -0.4 is 10.1 Å². The monoisotopic (exact) mass is 611 g/mol. The number of rotatable bonds is 11. The van der Waals surface area contributed by atoms with E-state index in [4.69, 9.17) is 14.2 Å². The summed E-state index contributed by atoms with van der Waals surface area (Å²) < 4.78 is 16.3. The number of unbranched alkanes of at least 4 members (excludes halogenated alkanes) is 1. The number of aryl methyl sites for hydroxylation is 1. The molecule has 0 aliphatic carbocycles. The molecular formula is C31H41N5O8. The van der Waals surface area contributed by atoms with Crippen LogP contribution in [-0.4, -0.2) is 115 Å². The van der Waals surface area contributed by atoms with E-state index in [1.54, 1.807) is 28.9 Å². The van der Waals surface area contributed by atoms with Crippen molar-refractivity contribution in [1.29, 1.82) is 0 Å². The molecule has 2 aromatic rings. The van der Waals surface area contributed by atoms with Crippen molar-refractivity contribution >= 4 is 40.7 Å². The van der Waals surface area contributed by atoms with Crippen LogP contribution in [0.15, 0.2) is 24.3 Å². The Bertz CT molecular complexity index is 1370. The number of piperazine rings is 1. The fraction of sp³-hybridized carbons (Fsp3) is 0.548. The molecule has 1 aromatic heterocycles. The molecule has 2 aliphatic heterocycles. The fourth-order valence-electron chi connectivity index (χ4n) is 5.21. The molecule has 3 heterocycles. The lowest BCUT2D eigenvalue weighted by molar-refractivity contribution is -0.153. The summed E-state index contributed by atoms with van der Waals surface area (Å²) in [7, 11) is 0. The number of aromatic nitrogens is 1. The Balaban J connectivity index is 1.36. The molecule has 1 aromatic carbocycles. The van der Waals surface area contributed by atoms with Gasteiger partial charge in [-0.15, -0.1) is 0 Å². The van der Waals surface area contributed by atoms with Gasteiger partial charge in [0.15, 0.2) is 6.61 Å². The zero-order valence-electron chi connectivity index (χ0n) is 25.6. The quantitative estimate of drug-likeness (QED) is 0.299. The second kappa shape index (κ2) is 15.3. The molecule has 0 bridgehead atoms. The number of likely N-dealkylation sites (tertiary alicyclic amines) is 1. The van der Waals surface area contributed by atoms with Gasteiger partial charge in [-0.25, -0.2) is 14.6 Å². The molecular weight excluding hydrogens is 570 g/mol. The van der Waals surface area contributed by atoms with E-state index in [0.29, 0.717) is 63.1 Å². The fourth-order valence-corrected chi connectivity index (χ4v) is 5.21. The van der Waals surface area contributed by atoms with E-state index in [1.165, 1.54) is 11.0 Å². The van der Waals surface area contributed by atoms with Crippen molar-refractivity contribution < 1.29 is 38.2 Å². The molecule has 44 heavy (non-hydrogen) atoms. The number of carbonyl (C=O) groups excluding carboxylic acids is 5. The van der Waals surface area contributed by atoms with Crippen LogP contribution in [0.1, 0.15) is 55.6 Å². The minimum atomic E-state index is -0.635. The van der Waals surface area contributed by atoms with Crippen molar-refractivity contribution in [3.05, 3.63) is 35.5 Å². The van der Waals surface area contributed by atoms with Crippen molar-refractivity contribution in [3.63, 3.8) is 0 Å². The summed E-state index contributed by atoms with van der Waals surface area (Å²) in [6, 6.07) is 6.29. The van der Waals surface area contributed by atoms with Crippen LogP contribution in [0.3, 0.4) is 0 Å². The summed E-state index contributed by atoms with van der Waals surface area (Å²) in [6.45, 7) is 7.48. The highest BCUT2D eigenvalue weighted by Gasteiger charge is 2.35. The first-order valence-electron chi connectivity index (χ1n) is 15.2. The van der Waals surface area contributed by atoms with Crippen LogP contribution in [0.4, 0.5) is 4.79 Å². The molecule has 0 unspecified atom stereocenters. The standard InChI is InChI=1S/C31H41N5O8/c1-4-6-16-43-31(41)35-14-12-34(13-15-35)27(37)19-32-29(39)24-18-26(22-10-9-21(3)17-23(22)33-24)44-20-28(38)36-11-7-8-25(36)30(40)42-5-2/h9-10,17-18,25H,4-8,11-16,19-20H2,1-3H3,(H,32,39)/t25-/m0/s1. The Morgan fingerprint density at radius 3 is 2.43 bits per heavy atom. The average molecular weight is 612 g/mol. The van der Waals surface area contributed by atoms with E-state index in [9.17, 15) is 24.0 Å². The highest BCUT2D eigenvalue weighted by molar-refractivity contribution is 5.99. The van der Waals surface area contributed by atoms with Gasteiger partial charge in [0.05, 0.1) is 25.3 Å². The molecule has 13 nitrogen and oxygen atoms in total. The van der Waals surface area contributed by atoms with Crippen LogP contribution in [0, 0.1) is 6.92 Å². The summed E-state index contributed by atoms with van der Waals surface area (Å²) in [5.41, 5.74) is 1.45. The number of esters is 1. The van der Waals surface area contributed by atoms with E-state index in [1.807, 2.05) is 19.9 Å². The average Bonchev–Trinajstić information content (AvgIpc) is 3.52. The van der Waals surface area contributed by atoms with Crippen LogP contribution >= 0.6 is 0 Å². The predicted molar refractivity (Wildman–Crippen MR) is 160 cm³/mol. The van der Waals surface area contributed by atoms with Gasteiger partial charge in [0.2, 0.25) is 5.91 Å². The first-order chi connectivity index (χ1) is 21.2. The minimum Gasteiger partial charge on any atom is -0.483 e. The Hall–Kier alpha value is -4.42. The molecule has 2 saturated heterocycles. The molecule has 4 rings (SSSR count). The molecule has 2 aliphatic rings. The maximum atomic E-state index is 13.1. The number of hydrogen-bond donors (Lipinski definition) is 1. The van der Waals surface area contributed by atoms with Crippen molar-refractivity contribution in [2.24, 2.45) is 0 Å². The van der Waals surface area contributed by atoms with Gasteiger partial charge in [0.1, 0.15) is 17.5 Å². The first kappa shape index (κ1) is 32.5. The molecule has 238 valence electrons. The lowest BCUT2D eigenvalue weighted by atomic mass is 10.1. The van der Waals surface area contributed by atoms with Gasteiger partial charge >= 0.3 is 12.1 Å². The van der Waals surface area contributed by atoms with Crippen molar-refractivity contribution in [1.82, 2.24) is 25.0 Å². The molecule has 1 atom stereocenters. The zero-order valence-corrected chi connectivity index (χ0v) is 25.6. The molecule has 0 spiro atoms. The van der Waals surface area contributed by atoms with E-state index in [0.717, 1.165) is 18.4 Å². The number of hydrogen-bond acceptors (Lipinski definition) is 9. The summed E-state index contributed by atoms with van der Waals surface area (Å²) >= 11 is 0. The van der Waals surface area contributed by atoms with Gasteiger partial charge in [-0.05, 0) is 50.8 Å². The zero-order chi connectivity index (χ0) is 31.6. The van der Waals surface area contributed by atoms with Gasteiger partial charge in [0.25, 0.3) is 11.8 Å². The number of amides is 4. The molecule has 0 saturated carbocycles. The second-order valence-electron chi connectivity index (χ2n) is 10.8. The number of carbonyl (C=O) groups is 5. The first-order valence-corrected chi connectivity index (χ1v) is 15.2. The van der Waals surface area contributed by atoms with Gasteiger partial charge in [-0.1, -0.05) is 19.4 Å². The molecule has 2 fully saturated rings. The third-order valence-electron chi connectivity index (χ3n) is 7.66. The Kier molecular flexibility index (Phi) is 11.3. The van der Waals surface area contributed by atoms with E-state index in [-0.39, 0.29) is 49.1 Å². The number of benzene rings is 1. The minimum absolute atomic E-state index is 0.0311. The van der Waals surface area contributed by atoms with Gasteiger partial charge in [-0.3, -0.25) is 14.4 Å². The summed E-state index contributed by atoms with van der Waals surface area (Å²) in [4.78, 5) is 72.5. The highest BCUT2D eigenvalue weighted by Crippen LogP contribution is 2.27. The second-order valence-corrected chi connectivity index (χ2v) is 10.8. The number of pyridine rings is 1. The van der Waals surface area contributed by atoms with Crippen LogP contribution in [0.25, 0.3) is 10.9 Å². The van der Waals surface area contributed by atoms with Crippen molar-refractivity contribution in [2.75, 3.05) is 59.1 Å². The summed E-state index contributed by atoms with van der Waals surface area (Å²) in [5, 5.41) is 3.25. The molecule has 4 amide bonds. The number of nitrogens with zero attached hydrogens (tertiary/aromatic N) is 4. The lowest BCUT2D eigenvalue weighted by Crippen LogP contribution is -2.52. The van der Waals surface area contributed by atoms with Crippen LogP contribution in [0.2, 0.25) is 0 Å². The largest absolute Gasteiger partial charge is 0.483 e. The third kappa shape index (κ3) is 8.14. The maximum Gasteiger partial charge on any atom is 0.409 e. The van der Waals surface area contributed by atoms with Crippen molar-refractivity contribution in [2.45, 2.75) is 52.5 Å². The molecule has 0 radical (unpaired) electrons. The van der Waals surface area contributed by atoms with Gasteiger partial charge in [0, 0.05) is 44.2 Å². The normalized spacial score (nSPS) is 16.5. The predicted octanol–water partition coefficient (Wildman–Crippen LogP) is 2.29. The molecule has 13 heteroatoms. The Morgan fingerprint density at radius 1 is 0.955 bits per heavy atom. The highest BCUT2D eigenvalue weighted by atomic mass is 16.6. The smallest absolute Gasteiger partial charge is 0.409 e. The van der Waals surface area contributed by atoms with E-state index < -0.39 is 17.9 Å². The summed E-state index contributed by atoms with van der Waals surface area (Å²) in [6.07, 6.45) is 2.58. The number of nitrogens with one attached hydrogen (secondary N) is 1. The maximum absolute atomic E-state index is 13.1. The SMILES string of the molecule is CCCCOC(=O)N1CCN(C(=O)CNC(=O)c2cc(OCC(=O)N3CCC[C@H]3C(=O)OCC)c3ccc(C)cc3n2)CC1. The van der Waals surface area contributed by atoms with Crippen molar-refractivity contribution in [3.8, 4) is 5.75 Å². The van der Waals surface area contributed by atoms with Crippen LogP contribution in [0.5, 0.6) is 5.75 Å². The topological polar surface area (TPSA) is 148 Å².